The molecule has 0 aliphatic rings. The fourth-order valence-corrected chi connectivity index (χ4v) is 2.59. The molecular formula is C28H50N2O2. The highest BCUT2D eigenvalue weighted by Crippen LogP contribution is 2.28. The minimum Gasteiger partial charge on any atom is -0.388 e. The summed E-state index contributed by atoms with van der Waals surface area (Å²) < 4.78 is 10.9. The molecule has 0 aliphatic heterocycles. The quantitative estimate of drug-likeness (QED) is 0.204. The molecule has 0 heterocycles. The van der Waals surface area contributed by atoms with Crippen molar-refractivity contribution in [1.82, 2.24) is 0 Å². The normalized spacial score (nSPS) is 12.0. The molecule has 0 radical (unpaired) electrons. The SMILES string of the molecule is C=C(/C(C=NC)=C/C)c1cc(C)ccc1NC.CC.CCC(C)OCCOCCC(C)C. The zero-order chi connectivity index (χ0) is 24.9. The van der Waals surface area contributed by atoms with Gasteiger partial charge in [0, 0.05) is 38.2 Å². The predicted octanol–water partition coefficient (Wildman–Crippen LogP) is 7.59. The number of anilines is 1. The van der Waals surface area contributed by atoms with Gasteiger partial charge in [0.1, 0.15) is 0 Å². The van der Waals surface area contributed by atoms with Crippen molar-refractivity contribution in [3.05, 3.63) is 47.6 Å². The van der Waals surface area contributed by atoms with E-state index in [1.54, 1.807) is 7.05 Å². The molecule has 1 unspecified atom stereocenters. The number of nitrogens with zero attached hydrogens (tertiary/aromatic N) is 1. The first-order chi connectivity index (χ1) is 15.3. The van der Waals surface area contributed by atoms with Crippen molar-refractivity contribution in [3.8, 4) is 0 Å². The Kier molecular flexibility index (Phi) is 21.1. The van der Waals surface area contributed by atoms with Crippen LogP contribution in [-0.2, 0) is 9.47 Å². The van der Waals surface area contributed by atoms with Crippen LogP contribution in [0.1, 0.15) is 72.4 Å². The number of hydrogen-bond donors (Lipinski definition) is 1. The van der Waals surface area contributed by atoms with Crippen molar-refractivity contribution >= 4 is 17.5 Å². The summed E-state index contributed by atoms with van der Waals surface area (Å²) in [5.41, 5.74) is 5.48. The summed E-state index contributed by atoms with van der Waals surface area (Å²) in [6.45, 7) is 23.2. The molecule has 4 nitrogen and oxygen atoms in total. The molecule has 0 fully saturated rings. The van der Waals surface area contributed by atoms with Crippen LogP contribution in [0.5, 0.6) is 0 Å². The van der Waals surface area contributed by atoms with Crippen molar-refractivity contribution in [3.63, 3.8) is 0 Å². The highest BCUT2D eigenvalue weighted by Gasteiger charge is 2.08. The van der Waals surface area contributed by atoms with Gasteiger partial charge in [-0.3, -0.25) is 4.99 Å². The van der Waals surface area contributed by atoms with Gasteiger partial charge in [-0.1, -0.05) is 58.9 Å². The summed E-state index contributed by atoms with van der Waals surface area (Å²) in [5, 5.41) is 3.19. The van der Waals surface area contributed by atoms with E-state index in [9.17, 15) is 0 Å². The molecule has 0 amide bonds. The smallest absolute Gasteiger partial charge is 0.0704 e. The van der Waals surface area contributed by atoms with E-state index in [2.05, 4.69) is 69.7 Å². The number of benzene rings is 1. The van der Waals surface area contributed by atoms with Crippen LogP contribution in [0.2, 0.25) is 0 Å². The molecule has 0 saturated heterocycles. The Morgan fingerprint density at radius 3 is 2.31 bits per heavy atom. The topological polar surface area (TPSA) is 42.9 Å². The van der Waals surface area contributed by atoms with Gasteiger partial charge >= 0.3 is 0 Å². The van der Waals surface area contributed by atoms with Crippen molar-refractivity contribution in [2.75, 3.05) is 39.2 Å². The van der Waals surface area contributed by atoms with E-state index in [1.165, 1.54) is 5.56 Å². The lowest BCUT2D eigenvalue weighted by atomic mass is 9.96. The summed E-state index contributed by atoms with van der Waals surface area (Å²) in [6, 6.07) is 6.30. The van der Waals surface area contributed by atoms with Gasteiger partial charge in [-0.05, 0) is 62.8 Å². The van der Waals surface area contributed by atoms with Gasteiger partial charge in [-0.15, -0.1) is 0 Å². The fourth-order valence-electron chi connectivity index (χ4n) is 2.59. The lowest BCUT2D eigenvalue weighted by Gasteiger charge is -2.13. The average molecular weight is 447 g/mol. The maximum absolute atomic E-state index is 5.47. The molecule has 1 aromatic rings. The molecule has 0 bridgehead atoms. The number of nitrogens with one attached hydrogen (secondary N) is 1. The summed E-state index contributed by atoms with van der Waals surface area (Å²) in [6.07, 6.45) is 6.45. The number of allylic oxidation sites excluding steroid dienone is 3. The molecule has 32 heavy (non-hydrogen) atoms. The zero-order valence-corrected chi connectivity index (χ0v) is 22.5. The van der Waals surface area contributed by atoms with Crippen LogP contribution in [-0.4, -0.2) is 46.2 Å². The van der Waals surface area contributed by atoms with E-state index in [0.717, 1.165) is 61.0 Å². The van der Waals surface area contributed by atoms with Crippen molar-refractivity contribution in [2.45, 2.75) is 74.3 Å². The summed E-state index contributed by atoms with van der Waals surface area (Å²) in [4.78, 5) is 4.06. The number of aryl methyl sites for hydroxylation is 1. The Hall–Kier alpha value is -1.91. The molecule has 1 N–H and O–H groups in total. The first kappa shape index (κ1) is 32.3. The van der Waals surface area contributed by atoms with Crippen LogP contribution in [0.15, 0.2) is 41.4 Å². The van der Waals surface area contributed by atoms with E-state index in [4.69, 9.17) is 9.47 Å². The monoisotopic (exact) mass is 446 g/mol. The van der Waals surface area contributed by atoms with Gasteiger partial charge in [-0.25, -0.2) is 0 Å². The van der Waals surface area contributed by atoms with Crippen LogP contribution < -0.4 is 5.32 Å². The molecule has 0 spiro atoms. The van der Waals surface area contributed by atoms with Crippen LogP contribution in [0, 0.1) is 12.8 Å². The van der Waals surface area contributed by atoms with E-state index < -0.39 is 0 Å². The van der Waals surface area contributed by atoms with E-state index in [0.29, 0.717) is 6.10 Å². The van der Waals surface area contributed by atoms with Crippen molar-refractivity contribution in [2.24, 2.45) is 10.9 Å². The highest BCUT2D eigenvalue weighted by atomic mass is 16.5. The molecule has 1 atom stereocenters. The van der Waals surface area contributed by atoms with Crippen LogP contribution in [0.3, 0.4) is 0 Å². The maximum atomic E-state index is 5.47. The van der Waals surface area contributed by atoms with Gasteiger partial charge in [0.25, 0.3) is 0 Å². The molecule has 184 valence electrons. The standard InChI is InChI=1S/C15H20N2.C11H24O2.C2H6/c1-6-13(10-16-4)12(3)14-9-11(2)7-8-15(14)17-5;1-5-11(4)13-9-8-12-7-6-10(2)3;1-2/h6-10,17H,3H2,1-2,4-5H3;10-11H,5-9H2,1-4H3;1-2H3/b13-6+,16-10?;;. The summed E-state index contributed by atoms with van der Waals surface area (Å²) in [5.74, 6) is 0.732. The Labute approximate surface area is 199 Å². The lowest BCUT2D eigenvalue weighted by molar-refractivity contribution is 0.00901. The molecule has 0 aliphatic carbocycles. The second-order valence-corrected chi connectivity index (χ2v) is 7.79. The Bertz CT molecular complexity index is 663. The molecule has 4 heteroatoms. The minimum absolute atomic E-state index is 0.369. The van der Waals surface area contributed by atoms with E-state index in [-0.39, 0.29) is 0 Å². The van der Waals surface area contributed by atoms with Gasteiger partial charge in [0.15, 0.2) is 0 Å². The van der Waals surface area contributed by atoms with E-state index >= 15 is 0 Å². The van der Waals surface area contributed by atoms with Crippen molar-refractivity contribution in [1.29, 1.82) is 0 Å². The van der Waals surface area contributed by atoms with Gasteiger partial charge in [0.05, 0.1) is 19.3 Å². The number of aliphatic imine (C=N–C) groups is 1. The van der Waals surface area contributed by atoms with Crippen LogP contribution in [0.4, 0.5) is 5.69 Å². The maximum Gasteiger partial charge on any atom is 0.0704 e. The Morgan fingerprint density at radius 1 is 1.16 bits per heavy atom. The molecule has 1 aromatic carbocycles. The lowest BCUT2D eigenvalue weighted by Crippen LogP contribution is -2.12. The largest absolute Gasteiger partial charge is 0.388 e. The second kappa shape index (κ2) is 21.0. The average Bonchev–Trinajstić information content (AvgIpc) is 2.80. The third-order valence-corrected chi connectivity index (χ3v) is 4.74. The Balaban J connectivity index is 0. The zero-order valence-electron chi connectivity index (χ0n) is 22.5. The van der Waals surface area contributed by atoms with Gasteiger partial charge in [0.2, 0.25) is 0 Å². The predicted molar refractivity (Wildman–Crippen MR) is 145 cm³/mol. The van der Waals surface area contributed by atoms with E-state index in [1.807, 2.05) is 40.1 Å². The number of hydrogen-bond acceptors (Lipinski definition) is 4. The van der Waals surface area contributed by atoms with Crippen LogP contribution in [0.25, 0.3) is 5.57 Å². The second-order valence-electron chi connectivity index (χ2n) is 7.79. The molecular weight excluding hydrogens is 396 g/mol. The first-order valence-electron chi connectivity index (χ1n) is 12.1. The third kappa shape index (κ3) is 15.0. The molecule has 0 aromatic heterocycles. The van der Waals surface area contributed by atoms with Gasteiger partial charge < -0.3 is 14.8 Å². The first-order valence-corrected chi connectivity index (χ1v) is 12.1. The number of ether oxygens (including phenoxy) is 2. The number of rotatable bonds is 12. The van der Waals surface area contributed by atoms with Crippen LogP contribution >= 0.6 is 0 Å². The minimum atomic E-state index is 0.369. The molecule has 0 saturated carbocycles. The summed E-state index contributed by atoms with van der Waals surface area (Å²) >= 11 is 0. The van der Waals surface area contributed by atoms with Crippen molar-refractivity contribution < 1.29 is 9.47 Å². The third-order valence-electron chi connectivity index (χ3n) is 4.74. The fraction of sp³-hybridized carbons (Fsp3) is 0.607. The van der Waals surface area contributed by atoms with Gasteiger partial charge in [-0.2, -0.15) is 0 Å². The summed E-state index contributed by atoms with van der Waals surface area (Å²) in [7, 11) is 3.69. The highest BCUT2D eigenvalue weighted by molar-refractivity contribution is 6.02. The Morgan fingerprint density at radius 2 is 1.81 bits per heavy atom. The molecule has 1 rings (SSSR count).